The van der Waals surface area contributed by atoms with E-state index in [0.29, 0.717) is 0 Å². The monoisotopic (exact) mass is 271 g/mol. The minimum Gasteiger partial charge on any atom is -0.374 e. The summed E-state index contributed by atoms with van der Waals surface area (Å²) in [7, 11) is 0. The van der Waals surface area contributed by atoms with Crippen LogP contribution in [0, 0.1) is 0 Å². The van der Waals surface area contributed by atoms with Crippen molar-refractivity contribution in [3.63, 3.8) is 0 Å². The molecule has 2 heterocycles. The number of benzene rings is 1. The smallest absolute Gasteiger partial charge is 0.0779 e. The van der Waals surface area contributed by atoms with Crippen LogP contribution >= 0.6 is 0 Å². The molecule has 1 aromatic carbocycles. The molecule has 106 valence electrons. The van der Waals surface area contributed by atoms with Gasteiger partial charge < -0.3 is 10.1 Å². The predicted molar refractivity (Wildman–Crippen MR) is 78.9 cm³/mol. The van der Waals surface area contributed by atoms with Gasteiger partial charge in [-0.05, 0) is 43.5 Å². The summed E-state index contributed by atoms with van der Waals surface area (Å²) in [6.45, 7) is 4.87. The Kier molecular flexibility index (Phi) is 3.85. The maximum Gasteiger partial charge on any atom is 0.0779 e. The van der Waals surface area contributed by atoms with Gasteiger partial charge in [-0.25, -0.2) is 4.68 Å². The van der Waals surface area contributed by atoms with Crippen molar-refractivity contribution >= 4 is 0 Å². The number of ether oxygens (including phenoxy) is 1. The summed E-state index contributed by atoms with van der Waals surface area (Å²) >= 11 is 0. The van der Waals surface area contributed by atoms with Gasteiger partial charge in [-0.3, -0.25) is 0 Å². The van der Waals surface area contributed by atoms with E-state index in [0.717, 1.165) is 31.8 Å². The molecule has 1 unspecified atom stereocenters. The minimum atomic E-state index is 0.0228. The van der Waals surface area contributed by atoms with E-state index in [-0.39, 0.29) is 5.60 Å². The van der Waals surface area contributed by atoms with Crippen molar-refractivity contribution in [3.05, 3.63) is 48.3 Å². The van der Waals surface area contributed by atoms with Crippen LogP contribution in [0.1, 0.15) is 25.3 Å². The van der Waals surface area contributed by atoms with Crippen molar-refractivity contribution in [1.82, 2.24) is 15.1 Å². The van der Waals surface area contributed by atoms with E-state index in [9.17, 15) is 0 Å². The SMILES string of the molecule is CC1(CNCc2ccc(-n3cccn3)cc2)CCCO1. The fraction of sp³-hybridized carbons (Fsp3) is 0.438. The lowest BCUT2D eigenvalue weighted by atomic mass is 10.0. The highest BCUT2D eigenvalue weighted by Crippen LogP contribution is 2.24. The molecule has 1 aromatic heterocycles. The number of nitrogens with one attached hydrogen (secondary N) is 1. The van der Waals surface area contributed by atoms with Crippen LogP contribution in [0.3, 0.4) is 0 Å². The zero-order chi connectivity index (χ0) is 13.8. The summed E-state index contributed by atoms with van der Waals surface area (Å²) < 4.78 is 7.64. The standard InChI is InChI=1S/C16H21N3O/c1-16(8-2-11-20-16)13-17-12-14-4-6-15(7-5-14)19-10-3-9-18-19/h3-7,9-10,17H,2,8,11-13H2,1H3. The third-order valence-corrected chi connectivity index (χ3v) is 3.83. The van der Waals surface area contributed by atoms with Crippen LogP contribution in [0.25, 0.3) is 5.69 Å². The molecule has 1 aliphatic rings. The van der Waals surface area contributed by atoms with E-state index in [1.807, 2.05) is 16.9 Å². The quantitative estimate of drug-likeness (QED) is 0.908. The summed E-state index contributed by atoms with van der Waals surface area (Å²) in [6, 6.07) is 10.4. The summed E-state index contributed by atoms with van der Waals surface area (Å²) in [5, 5.41) is 7.72. The van der Waals surface area contributed by atoms with Gasteiger partial charge in [0.05, 0.1) is 11.3 Å². The maximum atomic E-state index is 5.77. The highest BCUT2D eigenvalue weighted by molar-refractivity contribution is 5.33. The molecular weight excluding hydrogens is 250 g/mol. The molecule has 20 heavy (non-hydrogen) atoms. The molecular formula is C16H21N3O. The first-order valence-electron chi connectivity index (χ1n) is 7.19. The van der Waals surface area contributed by atoms with E-state index < -0.39 is 0 Å². The van der Waals surface area contributed by atoms with Gasteiger partial charge in [-0.2, -0.15) is 5.10 Å². The lowest BCUT2D eigenvalue weighted by Gasteiger charge is -2.23. The lowest BCUT2D eigenvalue weighted by Crippen LogP contribution is -2.36. The largest absolute Gasteiger partial charge is 0.374 e. The Balaban J connectivity index is 1.53. The Labute approximate surface area is 119 Å². The Bertz CT molecular complexity index is 527. The summed E-state index contributed by atoms with van der Waals surface area (Å²) in [5.41, 5.74) is 2.39. The van der Waals surface area contributed by atoms with Gasteiger partial charge in [0.1, 0.15) is 0 Å². The van der Waals surface area contributed by atoms with Crippen LogP contribution in [0.5, 0.6) is 0 Å². The molecule has 1 atom stereocenters. The Hall–Kier alpha value is -1.65. The third-order valence-electron chi connectivity index (χ3n) is 3.83. The van der Waals surface area contributed by atoms with Crippen molar-refractivity contribution in [1.29, 1.82) is 0 Å². The molecule has 0 amide bonds. The predicted octanol–water partition coefficient (Wildman–Crippen LogP) is 2.53. The van der Waals surface area contributed by atoms with E-state index in [1.165, 1.54) is 12.0 Å². The van der Waals surface area contributed by atoms with Crippen LogP contribution in [-0.4, -0.2) is 28.5 Å². The molecule has 2 aromatic rings. The summed E-state index contributed by atoms with van der Waals surface area (Å²) in [5.74, 6) is 0. The number of hydrogen-bond acceptors (Lipinski definition) is 3. The molecule has 0 aliphatic carbocycles. The van der Waals surface area contributed by atoms with Gasteiger partial charge in [0, 0.05) is 32.1 Å². The molecule has 1 N–H and O–H groups in total. The Morgan fingerprint density at radius 2 is 2.20 bits per heavy atom. The lowest BCUT2D eigenvalue weighted by molar-refractivity contribution is 0.0207. The first-order valence-corrected chi connectivity index (χ1v) is 7.19. The average Bonchev–Trinajstić information content (AvgIpc) is 3.11. The van der Waals surface area contributed by atoms with Gasteiger partial charge >= 0.3 is 0 Å². The van der Waals surface area contributed by atoms with Gasteiger partial charge in [0.25, 0.3) is 0 Å². The molecule has 0 saturated carbocycles. The molecule has 3 rings (SSSR count). The molecule has 4 nitrogen and oxygen atoms in total. The van der Waals surface area contributed by atoms with Crippen LogP contribution < -0.4 is 5.32 Å². The van der Waals surface area contributed by atoms with Crippen molar-refractivity contribution in [2.75, 3.05) is 13.2 Å². The van der Waals surface area contributed by atoms with E-state index in [4.69, 9.17) is 4.74 Å². The molecule has 4 heteroatoms. The van der Waals surface area contributed by atoms with Crippen LogP contribution in [0.4, 0.5) is 0 Å². The molecule has 0 spiro atoms. The van der Waals surface area contributed by atoms with Crippen molar-refractivity contribution in [2.24, 2.45) is 0 Å². The highest BCUT2D eigenvalue weighted by atomic mass is 16.5. The normalized spacial score (nSPS) is 22.2. The molecule has 1 fully saturated rings. The zero-order valence-electron chi connectivity index (χ0n) is 11.9. The second-order valence-electron chi connectivity index (χ2n) is 5.62. The van der Waals surface area contributed by atoms with Crippen molar-refractivity contribution in [3.8, 4) is 5.69 Å². The summed E-state index contributed by atoms with van der Waals surface area (Å²) in [4.78, 5) is 0. The minimum absolute atomic E-state index is 0.0228. The topological polar surface area (TPSA) is 39.1 Å². The fourth-order valence-corrected chi connectivity index (χ4v) is 2.64. The highest BCUT2D eigenvalue weighted by Gasteiger charge is 2.28. The number of nitrogens with zero attached hydrogens (tertiary/aromatic N) is 2. The fourth-order valence-electron chi connectivity index (χ4n) is 2.64. The number of rotatable bonds is 5. The first-order chi connectivity index (χ1) is 9.75. The van der Waals surface area contributed by atoms with Crippen molar-refractivity contribution in [2.45, 2.75) is 31.9 Å². The van der Waals surface area contributed by atoms with Gasteiger partial charge in [-0.1, -0.05) is 12.1 Å². The van der Waals surface area contributed by atoms with Gasteiger partial charge in [0.15, 0.2) is 0 Å². The second kappa shape index (κ2) is 5.77. The summed E-state index contributed by atoms with van der Waals surface area (Å²) in [6.07, 6.45) is 6.07. The van der Waals surface area contributed by atoms with E-state index in [2.05, 4.69) is 41.6 Å². The van der Waals surface area contributed by atoms with E-state index >= 15 is 0 Å². The third kappa shape index (κ3) is 3.08. The molecule has 1 saturated heterocycles. The number of hydrogen-bond donors (Lipinski definition) is 1. The molecule has 0 bridgehead atoms. The van der Waals surface area contributed by atoms with Crippen LogP contribution in [0.2, 0.25) is 0 Å². The zero-order valence-corrected chi connectivity index (χ0v) is 11.9. The van der Waals surface area contributed by atoms with E-state index in [1.54, 1.807) is 6.20 Å². The van der Waals surface area contributed by atoms with Crippen molar-refractivity contribution < 1.29 is 4.74 Å². The molecule has 0 radical (unpaired) electrons. The second-order valence-corrected chi connectivity index (χ2v) is 5.62. The van der Waals surface area contributed by atoms with Gasteiger partial charge in [0.2, 0.25) is 0 Å². The Morgan fingerprint density at radius 3 is 2.85 bits per heavy atom. The maximum absolute atomic E-state index is 5.77. The Morgan fingerprint density at radius 1 is 1.35 bits per heavy atom. The number of aromatic nitrogens is 2. The van der Waals surface area contributed by atoms with Gasteiger partial charge in [-0.15, -0.1) is 0 Å². The van der Waals surface area contributed by atoms with Crippen LogP contribution in [-0.2, 0) is 11.3 Å². The average molecular weight is 271 g/mol. The molecule has 1 aliphatic heterocycles. The van der Waals surface area contributed by atoms with Crippen LogP contribution in [0.15, 0.2) is 42.7 Å². The first kappa shape index (κ1) is 13.3.